The summed E-state index contributed by atoms with van der Waals surface area (Å²) in [5.74, 6) is 0.955. The van der Waals surface area contributed by atoms with Crippen molar-refractivity contribution in [3.8, 4) is 0 Å². The van der Waals surface area contributed by atoms with Gasteiger partial charge < -0.3 is 5.32 Å². The largest absolute Gasteiger partial charge is 0.313 e. The maximum Gasteiger partial charge on any atom is 0.0281 e. The summed E-state index contributed by atoms with van der Waals surface area (Å²) in [5.41, 5.74) is 0. The van der Waals surface area contributed by atoms with Gasteiger partial charge in [-0.15, -0.1) is 0 Å². The Morgan fingerprint density at radius 3 is 2.53 bits per heavy atom. The van der Waals surface area contributed by atoms with Crippen LogP contribution in [0, 0.1) is 5.92 Å². The lowest BCUT2D eigenvalue weighted by Crippen LogP contribution is -2.39. The Morgan fingerprint density at radius 2 is 2.00 bits per heavy atom. The molecular weight excluding hydrogens is 202 g/mol. The number of rotatable bonds is 4. The van der Waals surface area contributed by atoms with E-state index in [1.807, 2.05) is 0 Å². The first-order chi connectivity index (χ1) is 7.24. The first-order valence-corrected chi connectivity index (χ1v) is 7.75. The van der Waals surface area contributed by atoms with Gasteiger partial charge in [-0.05, 0) is 44.3 Å². The Bertz CT molecular complexity index is 199. The van der Waals surface area contributed by atoms with Crippen molar-refractivity contribution in [3.63, 3.8) is 0 Å². The second-order valence-corrected chi connectivity index (χ2v) is 6.86. The third-order valence-corrected chi connectivity index (χ3v) is 5.77. The highest BCUT2D eigenvalue weighted by Gasteiger charge is 2.33. The molecule has 0 aromatic rings. The Labute approximate surface area is 98.8 Å². The Balaban J connectivity index is 1.76. The average Bonchev–Trinajstić information content (AvgIpc) is 2.85. The highest BCUT2D eigenvalue weighted by molar-refractivity contribution is 8.00. The van der Waals surface area contributed by atoms with Crippen molar-refractivity contribution >= 4 is 11.8 Å². The van der Waals surface area contributed by atoms with Crippen molar-refractivity contribution < 1.29 is 0 Å². The molecule has 0 aromatic carbocycles. The second kappa shape index (κ2) is 5.09. The SMILES string of the molecule is CSC1(CNC2CCC(C)C2)CCCC1. The molecule has 0 aliphatic heterocycles. The van der Waals surface area contributed by atoms with Gasteiger partial charge in [-0.1, -0.05) is 19.8 Å². The normalized spacial score (nSPS) is 34.8. The van der Waals surface area contributed by atoms with Crippen LogP contribution < -0.4 is 5.32 Å². The molecule has 15 heavy (non-hydrogen) atoms. The van der Waals surface area contributed by atoms with E-state index >= 15 is 0 Å². The fourth-order valence-corrected chi connectivity index (χ4v) is 4.12. The molecule has 2 atom stereocenters. The number of nitrogens with one attached hydrogen (secondary N) is 1. The van der Waals surface area contributed by atoms with Crippen molar-refractivity contribution in [2.75, 3.05) is 12.8 Å². The van der Waals surface area contributed by atoms with Crippen LogP contribution >= 0.6 is 11.8 Å². The molecule has 0 heterocycles. The summed E-state index contributed by atoms with van der Waals surface area (Å²) in [7, 11) is 0. The molecule has 2 aliphatic carbocycles. The van der Waals surface area contributed by atoms with Crippen molar-refractivity contribution in [2.24, 2.45) is 5.92 Å². The molecule has 2 saturated carbocycles. The first kappa shape index (κ1) is 11.8. The van der Waals surface area contributed by atoms with Gasteiger partial charge in [0.25, 0.3) is 0 Å². The fraction of sp³-hybridized carbons (Fsp3) is 1.00. The third kappa shape index (κ3) is 2.91. The molecule has 2 fully saturated rings. The number of hydrogen-bond acceptors (Lipinski definition) is 2. The molecule has 2 heteroatoms. The summed E-state index contributed by atoms with van der Waals surface area (Å²) in [6.45, 7) is 3.65. The van der Waals surface area contributed by atoms with Crippen LogP contribution in [0.1, 0.15) is 51.9 Å². The van der Waals surface area contributed by atoms with E-state index in [4.69, 9.17) is 0 Å². The van der Waals surface area contributed by atoms with Crippen LogP contribution in [-0.2, 0) is 0 Å². The van der Waals surface area contributed by atoms with Gasteiger partial charge in [-0.25, -0.2) is 0 Å². The standard InChI is InChI=1S/C13H25NS/c1-11-5-6-12(9-11)14-10-13(15-2)7-3-4-8-13/h11-12,14H,3-10H2,1-2H3. The molecule has 0 amide bonds. The van der Waals surface area contributed by atoms with Crippen LogP contribution in [0.25, 0.3) is 0 Å². The molecule has 2 rings (SSSR count). The van der Waals surface area contributed by atoms with E-state index in [1.54, 1.807) is 0 Å². The topological polar surface area (TPSA) is 12.0 Å². The Hall–Kier alpha value is 0.310. The van der Waals surface area contributed by atoms with Crippen LogP contribution in [0.3, 0.4) is 0 Å². The van der Waals surface area contributed by atoms with Crippen LogP contribution in [0.5, 0.6) is 0 Å². The van der Waals surface area contributed by atoms with Gasteiger partial charge in [-0.3, -0.25) is 0 Å². The second-order valence-electron chi connectivity index (χ2n) is 5.59. The van der Waals surface area contributed by atoms with Crippen LogP contribution in [-0.4, -0.2) is 23.6 Å². The quantitative estimate of drug-likeness (QED) is 0.789. The minimum atomic E-state index is 0.589. The Kier molecular flexibility index (Phi) is 4.00. The molecule has 0 radical (unpaired) electrons. The summed E-state index contributed by atoms with van der Waals surface area (Å²) >= 11 is 2.10. The lowest BCUT2D eigenvalue weighted by atomic mass is 10.1. The average molecular weight is 227 g/mol. The minimum absolute atomic E-state index is 0.589. The monoisotopic (exact) mass is 227 g/mol. The predicted molar refractivity (Wildman–Crippen MR) is 69.5 cm³/mol. The van der Waals surface area contributed by atoms with Crippen molar-refractivity contribution in [1.82, 2.24) is 5.32 Å². The van der Waals surface area contributed by atoms with Crippen molar-refractivity contribution in [3.05, 3.63) is 0 Å². The lowest BCUT2D eigenvalue weighted by molar-refractivity contribution is 0.452. The van der Waals surface area contributed by atoms with Gasteiger partial charge in [-0.2, -0.15) is 11.8 Å². The van der Waals surface area contributed by atoms with E-state index in [9.17, 15) is 0 Å². The zero-order valence-electron chi connectivity index (χ0n) is 10.2. The van der Waals surface area contributed by atoms with E-state index in [-0.39, 0.29) is 0 Å². The predicted octanol–water partition coefficient (Wildman–Crippen LogP) is 3.44. The highest BCUT2D eigenvalue weighted by atomic mass is 32.2. The summed E-state index contributed by atoms with van der Waals surface area (Å²) in [6, 6.07) is 0.824. The first-order valence-electron chi connectivity index (χ1n) is 6.53. The van der Waals surface area contributed by atoms with Crippen LogP contribution in [0.15, 0.2) is 0 Å². The van der Waals surface area contributed by atoms with Gasteiger partial charge >= 0.3 is 0 Å². The van der Waals surface area contributed by atoms with Gasteiger partial charge in [0.1, 0.15) is 0 Å². The molecule has 1 N–H and O–H groups in total. The summed E-state index contributed by atoms with van der Waals surface area (Å²) < 4.78 is 0.589. The molecule has 0 bridgehead atoms. The fourth-order valence-electron chi connectivity index (χ4n) is 3.20. The van der Waals surface area contributed by atoms with E-state index in [1.165, 1.54) is 51.5 Å². The smallest absolute Gasteiger partial charge is 0.0281 e. The number of thioether (sulfide) groups is 1. The molecule has 0 aromatic heterocycles. The highest BCUT2D eigenvalue weighted by Crippen LogP contribution is 2.40. The van der Waals surface area contributed by atoms with Gasteiger partial charge in [0.2, 0.25) is 0 Å². The maximum atomic E-state index is 3.82. The zero-order chi connectivity index (χ0) is 10.7. The van der Waals surface area contributed by atoms with E-state index in [2.05, 4.69) is 30.3 Å². The molecule has 88 valence electrons. The van der Waals surface area contributed by atoms with Crippen LogP contribution in [0.4, 0.5) is 0 Å². The van der Waals surface area contributed by atoms with Crippen LogP contribution in [0.2, 0.25) is 0 Å². The lowest BCUT2D eigenvalue weighted by Gasteiger charge is -2.29. The summed E-state index contributed by atoms with van der Waals surface area (Å²) in [6.07, 6.45) is 12.3. The Morgan fingerprint density at radius 1 is 1.27 bits per heavy atom. The summed E-state index contributed by atoms with van der Waals surface area (Å²) in [5, 5.41) is 3.82. The zero-order valence-corrected chi connectivity index (χ0v) is 11.0. The van der Waals surface area contributed by atoms with E-state index in [0.717, 1.165) is 12.0 Å². The minimum Gasteiger partial charge on any atom is -0.313 e. The maximum absolute atomic E-state index is 3.82. The van der Waals surface area contributed by atoms with Crippen molar-refractivity contribution in [2.45, 2.75) is 62.7 Å². The molecule has 1 nitrogen and oxygen atoms in total. The molecular formula is C13H25NS. The number of hydrogen-bond donors (Lipinski definition) is 1. The molecule has 2 unspecified atom stereocenters. The molecule has 0 saturated heterocycles. The third-order valence-electron chi connectivity index (χ3n) is 4.36. The van der Waals surface area contributed by atoms with Gasteiger partial charge in [0, 0.05) is 17.3 Å². The van der Waals surface area contributed by atoms with Gasteiger partial charge in [0.05, 0.1) is 0 Å². The van der Waals surface area contributed by atoms with E-state index < -0.39 is 0 Å². The molecule has 2 aliphatic rings. The summed E-state index contributed by atoms with van der Waals surface area (Å²) in [4.78, 5) is 0. The van der Waals surface area contributed by atoms with E-state index in [0.29, 0.717) is 4.75 Å². The van der Waals surface area contributed by atoms with Gasteiger partial charge in [0.15, 0.2) is 0 Å². The molecule has 0 spiro atoms. The van der Waals surface area contributed by atoms with Crippen molar-refractivity contribution in [1.29, 1.82) is 0 Å².